The maximum Gasteiger partial charge on any atom is 0.345 e. The second-order valence-corrected chi connectivity index (χ2v) is 9.32. The topological polar surface area (TPSA) is 185 Å². The molecule has 0 saturated heterocycles. The SMILES string of the molecule is C/C(C(=O)OC(Cc1ccc(O)c(O)c1)C(=O)O)=C(/C)c1ccc(O)c(O)c1/C(C)=C(\C)c1ccc(O)c(O)c1. The summed E-state index contributed by atoms with van der Waals surface area (Å²) in [5, 5.41) is 69.4. The van der Waals surface area contributed by atoms with E-state index in [1.165, 1.54) is 49.4 Å². The van der Waals surface area contributed by atoms with E-state index in [1.807, 2.05) is 0 Å². The summed E-state index contributed by atoms with van der Waals surface area (Å²) in [6.07, 6.45) is -1.87. The van der Waals surface area contributed by atoms with Gasteiger partial charge in [-0.15, -0.1) is 0 Å². The van der Waals surface area contributed by atoms with Gasteiger partial charge in [0.1, 0.15) is 0 Å². The van der Waals surface area contributed by atoms with Crippen molar-refractivity contribution in [1.29, 1.82) is 0 Å². The molecule has 0 aromatic heterocycles. The van der Waals surface area contributed by atoms with E-state index in [4.69, 9.17) is 4.74 Å². The summed E-state index contributed by atoms with van der Waals surface area (Å²) in [7, 11) is 0. The number of carboxylic acid groups (broad SMARTS) is 1. The van der Waals surface area contributed by atoms with Gasteiger partial charge in [0.25, 0.3) is 0 Å². The Kier molecular flexibility index (Phi) is 8.63. The largest absolute Gasteiger partial charge is 0.504 e. The molecule has 3 aromatic carbocycles. The van der Waals surface area contributed by atoms with Crippen molar-refractivity contribution in [3.05, 3.63) is 76.4 Å². The summed E-state index contributed by atoms with van der Waals surface area (Å²) in [6, 6.07) is 10.7. The Morgan fingerprint density at radius 2 is 1.27 bits per heavy atom. The molecule has 0 aliphatic rings. The molecule has 0 bridgehead atoms. The third kappa shape index (κ3) is 6.12. The van der Waals surface area contributed by atoms with E-state index in [-0.39, 0.29) is 34.8 Å². The van der Waals surface area contributed by atoms with E-state index in [0.29, 0.717) is 33.4 Å². The van der Waals surface area contributed by atoms with Crippen molar-refractivity contribution in [2.45, 2.75) is 40.2 Å². The van der Waals surface area contributed by atoms with Crippen molar-refractivity contribution in [2.24, 2.45) is 0 Å². The van der Waals surface area contributed by atoms with Gasteiger partial charge >= 0.3 is 11.9 Å². The molecule has 0 saturated carbocycles. The van der Waals surface area contributed by atoms with Crippen molar-refractivity contribution in [3.63, 3.8) is 0 Å². The number of benzene rings is 3. The molecule has 1 unspecified atom stereocenters. The van der Waals surface area contributed by atoms with E-state index in [1.54, 1.807) is 26.8 Å². The highest BCUT2D eigenvalue weighted by atomic mass is 16.6. The maximum atomic E-state index is 13.0. The highest BCUT2D eigenvalue weighted by molar-refractivity contribution is 6.01. The van der Waals surface area contributed by atoms with E-state index < -0.39 is 35.3 Å². The fraction of sp³-hybridized carbons (Fsp3) is 0.200. The van der Waals surface area contributed by atoms with Crippen LogP contribution >= 0.6 is 0 Å². The van der Waals surface area contributed by atoms with Crippen LogP contribution in [0.1, 0.15) is 49.9 Å². The number of phenolic OH excluding ortho intramolecular Hbond substituents is 6. The van der Waals surface area contributed by atoms with Gasteiger partial charge in [0.15, 0.2) is 34.5 Å². The second kappa shape index (κ2) is 11.7. The number of allylic oxidation sites excluding steroid dienone is 3. The van der Waals surface area contributed by atoms with Crippen LogP contribution in [0.25, 0.3) is 16.7 Å². The quantitative estimate of drug-likeness (QED) is 0.0880. The van der Waals surface area contributed by atoms with Crippen LogP contribution in [0, 0.1) is 0 Å². The molecule has 0 heterocycles. The van der Waals surface area contributed by atoms with Crippen molar-refractivity contribution >= 4 is 28.7 Å². The minimum Gasteiger partial charge on any atom is -0.504 e. The zero-order valence-electron chi connectivity index (χ0n) is 22.3. The molecule has 0 amide bonds. The van der Waals surface area contributed by atoms with Gasteiger partial charge < -0.3 is 40.5 Å². The van der Waals surface area contributed by atoms with Gasteiger partial charge in [0.05, 0.1) is 0 Å². The van der Waals surface area contributed by atoms with Crippen LogP contribution in [0.3, 0.4) is 0 Å². The summed E-state index contributed by atoms with van der Waals surface area (Å²) >= 11 is 0. The number of aliphatic carboxylic acids is 1. The number of hydrogen-bond acceptors (Lipinski definition) is 9. The number of aromatic hydroxyl groups is 6. The highest BCUT2D eigenvalue weighted by Gasteiger charge is 2.26. The molecule has 40 heavy (non-hydrogen) atoms. The van der Waals surface area contributed by atoms with Crippen molar-refractivity contribution in [1.82, 2.24) is 0 Å². The van der Waals surface area contributed by atoms with Gasteiger partial charge in [-0.3, -0.25) is 0 Å². The summed E-state index contributed by atoms with van der Waals surface area (Å²) in [5.74, 6) is -4.67. The molecule has 10 nitrogen and oxygen atoms in total. The van der Waals surface area contributed by atoms with Crippen LogP contribution in [0.5, 0.6) is 34.5 Å². The third-order valence-corrected chi connectivity index (χ3v) is 6.76. The molecule has 3 aromatic rings. The summed E-state index contributed by atoms with van der Waals surface area (Å²) < 4.78 is 5.27. The van der Waals surface area contributed by atoms with Crippen molar-refractivity contribution < 1.29 is 50.1 Å². The molecule has 10 heteroatoms. The summed E-state index contributed by atoms with van der Waals surface area (Å²) in [6.45, 7) is 6.40. The first-order valence-electron chi connectivity index (χ1n) is 12.1. The number of carbonyl (C=O) groups is 2. The minimum atomic E-state index is -1.60. The average Bonchev–Trinajstić information content (AvgIpc) is 2.91. The number of carbonyl (C=O) groups excluding carboxylic acids is 1. The first-order chi connectivity index (χ1) is 18.7. The Bertz CT molecular complexity index is 1550. The van der Waals surface area contributed by atoms with Gasteiger partial charge in [-0.25, -0.2) is 9.59 Å². The first kappa shape index (κ1) is 29.4. The summed E-state index contributed by atoms with van der Waals surface area (Å²) in [4.78, 5) is 24.9. The fourth-order valence-corrected chi connectivity index (χ4v) is 4.10. The number of hydrogen-bond donors (Lipinski definition) is 7. The van der Waals surface area contributed by atoms with E-state index in [2.05, 4.69) is 0 Å². The molecule has 7 N–H and O–H groups in total. The molecule has 0 aliphatic carbocycles. The molecule has 0 spiro atoms. The normalized spacial score (nSPS) is 13.2. The van der Waals surface area contributed by atoms with Gasteiger partial charge in [-0.1, -0.05) is 18.2 Å². The zero-order chi connectivity index (χ0) is 29.9. The van der Waals surface area contributed by atoms with Crippen molar-refractivity contribution in [3.8, 4) is 34.5 Å². The first-order valence-corrected chi connectivity index (χ1v) is 12.1. The Morgan fingerprint density at radius 3 is 1.85 bits per heavy atom. The number of rotatable bonds is 8. The van der Waals surface area contributed by atoms with Crippen LogP contribution in [0.2, 0.25) is 0 Å². The van der Waals surface area contributed by atoms with Gasteiger partial charge in [-0.2, -0.15) is 0 Å². The van der Waals surface area contributed by atoms with Gasteiger partial charge in [-0.05, 0) is 91.4 Å². The number of carboxylic acids is 1. The van der Waals surface area contributed by atoms with Crippen molar-refractivity contribution in [2.75, 3.05) is 0 Å². The molecule has 0 radical (unpaired) electrons. The predicted molar refractivity (Wildman–Crippen MR) is 147 cm³/mol. The smallest absolute Gasteiger partial charge is 0.345 e. The van der Waals surface area contributed by atoms with E-state index in [0.717, 1.165) is 0 Å². The third-order valence-electron chi connectivity index (χ3n) is 6.76. The van der Waals surface area contributed by atoms with E-state index in [9.17, 15) is 45.3 Å². The minimum absolute atomic E-state index is 0.0406. The number of esters is 1. The molecular weight excluding hydrogens is 520 g/mol. The molecule has 0 aliphatic heterocycles. The molecule has 1 atom stereocenters. The Balaban J connectivity index is 2.02. The van der Waals surface area contributed by atoms with Crippen LogP contribution in [-0.4, -0.2) is 53.8 Å². The average molecular weight is 551 g/mol. The van der Waals surface area contributed by atoms with Crippen LogP contribution in [-0.2, 0) is 20.7 Å². The van der Waals surface area contributed by atoms with E-state index >= 15 is 0 Å². The lowest BCUT2D eigenvalue weighted by Gasteiger charge is -2.19. The van der Waals surface area contributed by atoms with Crippen LogP contribution in [0.4, 0.5) is 0 Å². The lowest BCUT2D eigenvalue weighted by atomic mass is 9.88. The molecule has 210 valence electrons. The molecule has 0 fully saturated rings. The second-order valence-electron chi connectivity index (χ2n) is 9.32. The van der Waals surface area contributed by atoms with Crippen LogP contribution < -0.4 is 0 Å². The summed E-state index contributed by atoms with van der Waals surface area (Å²) in [5.41, 5.74) is 2.86. The fourth-order valence-electron chi connectivity index (χ4n) is 4.10. The highest BCUT2D eigenvalue weighted by Crippen LogP contribution is 2.42. The van der Waals surface area contributed by atoms with Gasteiger partial charge in [0, 0.05) is 17.6 Å². The standard InChI is InChI=1S/C30H30O10/c1-14(19-6-9-22(32)25(35)13-19)16(3)27-20(7-10-23(33)28(27)36)15(2)17(4)30(39)40-26(29(37)38)12-18-5-8-21(31)24(34)11-18/h5-11,13,26,31-36H,12H2,1-4H3,(H,37,38)/b16-14+,17-15+. The monoisotopic (exact) mass is 550 g/mol. The Labute approximate surface area is 230 Å². The number of ether oxygens (including phenoxy) is 1. The number of phenols is 6. The Hall–Kier alpha value is -5.12. The Morgan fingerprint density at radius 1 is 0.700 bits per heavy atom. The maximum absolute atomic E-state index is 13.0. The lowest BCUT2D eigenvalue weighted by Crippen LogP contribution is -2.29. The zero-order valence-corrected chi connectivity index (χ0v) is 22.3. The predicted octanol–water partition coefficient (Wildman–Crippen LogP) is 4.90. The van der Waals surface area contributed by atoms with Crippen LogP contribution in [0.15, 0.2) is 54.1 Å². The molecular formula is C30H30O10. The molecule has 3 rings (SSSR count). The van der Waals surface area contributed by atoms with Gasteiger partial charge in [0.2, 0.25) is 6.10 Å². The lowest BCUT2D eigenvalue weighted by molar-refractivity contribution is -0.161.